The molecule has 1 fully saturated rings. The molecule has 1 amide bonds. The number of methoxy groups -OCH3 is 1. The third-order valence-electron chi connectivity index (χ3n) is 6.17. The monoisotopic (exact) mass is 455 g/mol. The molecule has 9 heteroatoms. The van der Waals surface area contributed by atoms with Crippen molar-refractivity contribution in [3.8, 4) is 5.75 Å². The number of morpholine rings is 1. The van der Waals surface area contributed by atoms with E-state index >= 15 is 0 Å². The Balaban J connectivity index is 1.46. The summed E-state index contributed by atoms with van der Waals surface area (Å²) in [4.78, 5) is 18.6. The molecule has 0 aliphatic carbocycles. The van der Waals surface area contributed by atoms with Gasteiger partial charge in [0.1, 0.15) is 10.6 Å². The second kappa shape index (κ2) is 8.23. The number of benzene rings is 2. The lowest BCUT2D eigenvalue weighted by atomic mass is 10.0. The fraction of sp³-hybridized carbons (Fsp3) is 0.348. The Labute approximate surface area is 186 Å². The zero-order valence-corrected chi connectivity index (χ0v) is 18.7. The van der Waals surface area contributed by atoms with Crippen LogP contribution in [0.5, 0.6) is 5.75 Å². The maximum absolute atomic E-state index is 13.4. The van der Waals surface area contributed by atoms with Crippen LogP contribution in [0.25, 0.3) is 10.9 Å². The first kappa shape index (κ1) is 21.0. The van der Waals surface area contributed by atoms with Gasteiger partial charge in [0.05, 0.1) is 20.3 Å². The maximum atomic E-state index is 13.4. The van der Waals surface area contributed by atoms with Gasteiger partial charge in [-0.25, -0.2) is 8.42 Å². The number of hydrogen-bond donors (Lipinski definition) is 1. The van der Waals surface area contributed by atoms with Crippen LogP contribution in [0.2, 0.25) is 0 Å². The molecule has 2 aliphatic rings. The number of nitrogens with zero attached hydrogens (tertiary/aromatic N) is 2. The topological polar surface area (TPSA) is 91.9 Å². The largest absolute Gasteiger partial charge is 0.495 e. The number of ether oxygens (including phenoxy) is 2. The minimum atomic E-state index is -3.81. The third kappa shape index (κ3) is 3.56. The third-order valence-corrected chi connectivity index (χ3v) is 8.09. The van der Waals surface area contributed by atoms with Gasteiger partial charge in [0.25, 0.3) is 5.91 Å². The highest BCUT2D eigenvalue weighted by molar-refractivity contribution is 7.89. The van der Waals surface area contributed by atoms with Crippen LogP contribution in [-0.4, -0.2) is 68.5 Å². The summed E-state index contributed by atoms with van der Waals surface area (Å²) in [5.74, 6) is 0.0348. The lowest BCUT2D eigenvalue weighted by Crippen LogP contribution is -2.41. The van der Waals surface area contributed by atoms with E-state index in [1.165, 1.54) is 17.5 Å². The zero-order chi connectivity index (χ0) is 22.3. The Morgan fingerprint density at radius 1 is 1.09 bits per heavy atom. The minimum Gasteiger partial charge on any atom is -0.495 e. The van der Waals surface area contributed by atoms with E-state index in [4.69, 9.17) is 9.47 Å². The van der Waals surface area contributed by atoms with Gasteiger partial charge in [-0.1, -0.05) is 18.2 Å². The first-order valence-electron chi connectivity index (χ1n) is 10.6. The average molecular weight is 456 g/mol. The molecule has 3 aromatic rings. The van der Waals surface area contributed by atoms with E-state index in [9.17, 15) is 13.2 Å². The van der Waals surface area contributed by atoms with Gasteiger partial charge in [-0.15, -0.1) is 0 Å². The number of H-pyrrole nitrogens is 1. The van der Waals surface area contributed by atoms with Gasteiger partial charge < -0.3 is 19.4 Å². The highest BCUT2D eigenvalue weighted by Crippen LogP contribution is 2.31. The molecule has 3 heterocycles. The number of rotatable bonds is 4. The van der Waals surface area contributed by atoms with Crippen molar-refractivity contribution in [1.29, 1.82) is 0 Å². The van der Waals surface area contributed by atoms with Gasteiger partial charge in [0.2, 0.25) is 10.0 Å². The number of aromatic nitrogens is 1. The van der Waals surface area contributed by atoms with Crippen LogP contribution >= 0.6 is 0 Å². The van der Waals surface area contributed by atoms with Crippen LogP contribution in [0.1, 0.15) is 21.6 Å². The molecular weight excluding hydrogens is 430 g/mol. The molecule has 0 unspecified atom stereocenters. The minimum absolute atomic E-state index is 0.0116. The molecule has 8 nitrogen and oxygen atoms in total. The second-order valence-corrected chi connectivity index (χ2v) is 9.89. The summed E-state index contributed by atoms with van der Waals surface area (Å²) in [6.07, 6.45) is 0.727. The fourth-order valence-electron chi connectivity index (χ4n) is 4.46. The zero-order valence-electron chi connectivity index (χ0n) is 17.8. The summed E-state index contributed by atoms with van der Waals surface area (Å²) >= 11 is 0. The number of sulfonamides is 1. The number of amides is 1. The fourth-order valence-corrected chi connectivity index (χ4v) is 6.05. The van der Waals surface area contributed by atoms with Crippen molar-refractivity contribution < 1.29 is 22.7 Å². The van der Waals surface area contributed by atoms with Crippen molar-refractivity contribution >= 4 is 26.8 Å². The van der Waals surface area contributed by atoms with E-state index in [0.717, 1.165) is 28.6 Å². The SMILES string of the molecule is COc1ccc(C(=O)N2CCc3[nH]c4ccccc4c3C2)cc1S(=O)(=O)N1CCOCC1. The molecule has 0 spiro atoms. The van der Waals surface area contributed by atoms with E-state index < -0.39 is 10.0 Å². The first-order valence-corrected chi connectivity index (χ1v) is 12.1. The Bertz CT molecular complexity index is 1280. The Hall–Kier alpha value is -2.88. The molecule has 2 aliphatic heterocycles. The standard InChI is InChI=1S/C23H25N3O5S/c1-30-21-7-6-16(14-22(21)32(28,29)26-10-12-31-13-11-26)23(27)25-9-8-20-18(15-25)17-4-2-3-5-19(17)24-20/h2-7,14,24H,8-13,15H2,1H3. The molecule has 5 rings (SSSR count). The van der Waals surface area contributed by atoms with Crippen molar-refractivity contribution in [1.82, 2.24) is 14.2 Å². The number of nitrogens with one attached hydrogen (secondary N) is 1. The van der Waals surface area contributed by atoms with Crippen molar-refractivity contribution in [3.63, 3.8) is 0 Å². The predicted octanol–water partition coefficient (Wildman–Crippen LogP) is 2.40. The van der Waals surface area contributed by atoms with Crippen LogP contribution < -0.4 is 4.74 Å². The van der Waals surface area contributed by atoms with Crippen molar-refractivity contribution in [2.45, 2.75) is 17.9 Å². The summed E-state index contributed by atoms with van der Waals surface area (Å²) in [5.41, 5.74) is 3.67. The smallest absolute Gasteiger partial charge is 0.254 e. The molecular formula is C23H25N3O5S. The van der Waals surface area contributed by atoms with E-state index in [1.54, 1.807) is 17.0 Å². The number of fused-ring (bicyclic) bond motifs is 3. The molecule has 0 radical (unpaired) electrons. The van der Waals surface area contributed by atoms with Crippen LogP contribution in [0.15, 0.2) is 47.4 Å². The number of carbonyl (C=O) groups is 1. The number of para-hydroxylation sites is 1. The maximum Gasteiger partial charge on any atom is 0.254 e. The van der Waals surface area contributed by atoms with Gasteiger partial charge in [-0.2, -0.15) is 4.31 Å². The highest BCUT2D eigenvalue weighted by atomic mass is 32.2. The van der Waals surface area contributed by atoms with E-state index in [-0.39, 0.29) is 29.6 Å². The van der Waals surface area contributed by atoms with Gasteiger partial charge in [0, 0.05) is 60.3 Å². The van der Waals surface area contributed by atoms with Crippen molar-refractivity contribution in [3.05, 3.63) is 59.3 Å². The number of aromatic amines is 1. The van der Waals surface area contributed by atoms with Gasteiger partial charge in [-0.3, -0.25) is 4.79 Å². The van der Waals surface area contributed by atoms with E-state index in [0.29, 0.717) is 31.9 Å². The molecule has 0 saturated carbocycles. The Morgan fingerprint density at radius 3 is 2.66 bits per heavy atom. The molecule has 32 heavy (non-hydrogen) atoms. The lowest BCUT2D eigenvalue weighted by molar-refractivity contribution is 0.0726. The second-order valence-electron chi connectivity index (χ2n) is 7.99. The lowest BCUT2D eigenvalue weighted by Gasteiger charge is -2.28. The van der Waals surface area contributed by atoms with Crippen LogP contribution in [0.4, 0.5) is 0 Å². The van der Waals surface area contributed by atoms with Crippen LogP contribution in [0.3, 0.4) is 0 Å². The highest BCUT2D eigenvalue weighted by Gasteiger charge is 2.31. The summed E-state index contributed by atoms with van der Waals surface area (Å²) in [7, 11) is -2.38. The first-order chi connectivity index (χ1) is 15.5. The van der Waals surface area contributed by atoms with Crippen molar-refractivity contribution in [2.75, 3.05) is 40.0 Å². The molecule has 2 aromatic carbocycles. The molecule has 1 saturated heterocycles. The molecule has 0 atom stereocenters. The van der Waals surface area contributed by atoms with Gasteiger partial charge in [-0.05, 0) is 24.3 Å². The summed E-state index contributed by atoms with van der Waals surface area (Å²) < 4.78 is 38.5. The Kier molecular flexibility index (Phi) is 5.40. The average Bonchev–Trinajstić information content (AvgIpc) is 3.21. The van der Waals surface area contributed by atoms with Crippen LogP contribution in [-0.2, 0) is 27.7 Å². The quantitative estimate of drug-likeness (QED) is 0.652. The van der Waals surface area contributed by atoms with Crippen LogP contribution in [0, 0.1) is 0 Å². The summed E-state index contributed by atoms with van der Waals surface area (Å²) in [6, 6.07) is 12.7. The normalized spacial score (nSPS) is 17.3. The predicted molar refractivity (Wildman–Crippen MR) is 119 cm³/mol. The molecule has 0 bridgehead atoms. The Morgan fingerprint density at radius 2 is 1.88 bits per heavy atom. The molecule has 168 valence electrons. The van der Waals surface area contributed by atoms with Gasteiger partial charge >= 0.3 is 0 Å². The van der Waals surface area contributed by atoms with Crippen molar-refractivity contribution in [2.24, 2.45) is 0 Å². The molecule has 1 N–H and O–H groups in total. The molecule has 1 aromatic heterocycles. The van der Waals surface area contributed by atoms with E-state index in [1.807, 2.05) is 18.2 Å². The number of hydrogen-bond acceptors (Lipinski definition) is 5. The number of carbonyl (C=O) groups excluding carboxylic acids is 1. The summed E-state index contributed by atoms with van der Waals surface area (Å²) in [5, 5.41) is 1.12. The van der Waals surface area contributed by atoms with Gasteiger partial charge in [0.15, 0.2) is 0 Å². The summed E-state index contributed by atoms with van der Waals surface area (Å²) in [6.45, 7) is 2.30. The van der Waals surface area contributed by atoms with E-state index in [2.05, 4.69) is 11.1 Å².